The predicted octanol–water partition coefficient (Wildman–Crippen LogP) is 7.15. The number of ether oxygens (including phenoxy) is 2. The smallest absolute Gasteiger partial charge is 0.310 e. The third kappa shape index (κ3) is 8.71. The molecule has 11 heteroatoms. The molecule has 0 saturated carbocycles. The van der Waals surface area contributed by atoms with Gasteiger partial charge in [0.15, 0.2) is 5.52 Å². The summed E-state index contributed by atoms with van der Waals surface area (Å²) < 4.78 is 16.2. The summed E-state index contributed by atoms with van der Waals surface area (Å²) in [4.78, 5) is 26.2. The number of nitrogens with zero attached hydrogens (tertiary/aromatic N) is 4. The SMILES string of the molecule is COc1ccc(C)cc1CC(=O)OC1CC2CCCC(C1)N2CCCCCCCCCCNc1ccc([N+](=O)[O-])c2nonc12. The van der Waals surface area contributed by atoms with Gasteiger partial charge in [0.25, 0.3) is 0 Å². The van der Waals surface area contributed by atoms with Crippen molar-refractivity contribution >= 4 is 28.4 Å². The van der Waals surface area contributed by atoms with Crippen molar-refractivity contribution in [2.75, 3.05) is 25.5 Å². The van der Waals surface area contributed by atoms with Crippen LogP contribution in [0.2, 0.25) is 0 Å². The Bertz CT molecular complexity index is 1410. The fourth-order valence-corrected chi connectivity index (χ4v) is 7.17. The minimum absolute atomic E-state index is 0.0181. The molecular formula is C34H47N5O6. The average Bonchev–Trinajstić information content (AvgIpc) is 3.50. The van der Waals surface area contributed by atoms with Gasteiger partial charge in [0, 0.05) is 43.1 Å². The molecule has 2 bridgehead atoms. The standard InChI is InChI=1S/C34H47N5O6/c1-24-14-17-31(43-2)25(20-24)21-32(40)44-28-22-26-12-11-13-27(23-28)38(26)19-10-8-6-4-3-5-7-9-18-35-29-15-16-30(39(41)42)34-33(29)36-45-37-34/h14-17,20,26-28,35H,3-13,18-19,21-23H2,1-2H3. The van der Waals surface area contributed by atoms with E-state index >= 15 is 0 Å². The maximum atomic E-state index is 12.8. The van der Waals surface area contributed by atoms with Gasteiger partial charge in [-0.3, -0.25) is 19.8 Å². The van der Waals surface area contributed by atoms with Gasteiger partial charge in [-0.2, -0.15) is 0 Å². The molecule has 0 radical (unpaired) electrons. The van der Waals surface area contributed by atoms with E-state index in [0.29, 0.717) is 23.3 Å². The minimum atomic E-state index is -0.475. The Morgan fingerprint density at radius 1 is 1.00 bits per heavy atom. The zero-order chi connectivity index (χ0) is 31.6. The molecule has 244 valence electrons. The average molecular weight is 622 g/mol. The Morgan fingerprint density at radius 3 is 2.40 bits per heavy atom. The molecular weight excluding hydrogens is 574 g/mol. The molecule has 2 fully saturated rings. The third-order valence-corrected chi connectivity index (χ3v) is 9.40. The van der Waals surface area contributed by atoms with E-state index < -0.39 is 4.92 Å². The molecule has 45 heavy (non-hydrogen) atoms. The van der Waals surface area contributed by atoms with Crippen molar-refractivity contribution in [2.45, 2.75) is 115 Å². The maximum absolute atomic E-state index is 12.8. The van der Waals surface area contributed by atoms with Crippen LogP contribution >= 0.6 is 0 Å². The molecule has 1 aromatic heterocycles. The molecule has 1 N–H and O–H groups in total. The summed E-state index contributed by atoms with van der Waals surface area (Å²) in [6.45, 7) is 3.95. The van der Waals surface area contributed by atoms with E-state index in [1.165, 1.54) is 63.9 Å². The number of rotatable bonds is 17. The molecule has 0 spiro atoms. The number of nitro groups is 1. The van der Waals surface area contributed by atoms with E-state index in [4.69, 9.17) is 14.1 Å². The van der Waals surface area contributed by atoms with Crippen molar-refractivity contribution in [3.63, 3.8) is 0 Å². The van der Waals surface area contributed by atoms with Crippen LogP contribution < -0.4 is 10.1 Å². The van der Waals surface area contributed by atoms with Crippen LogP contribution in [-0.2, 0) is 16.0 Å². The van der Waals surface area contributed by atoms with Crippen molar-refractivity contribution < 1.29 is 23.8 Å². The van der Waals surface area contributed by atoms with Crippen molar-refractivity contribution in [3.8, 4) is 5.75 Å². The first-order chi connectivity index (χ1) is 21.9. The molecule has 2 aliphatic heterocycles. The summed E-state index contributed by atoms with van der Waals surface area (Å²) in [7, 11) is 1.64. The third-order valence-electron chi connectivity index (χ3n) is 9.40. The van der Waals surface area contributed by atoms with Crippen LogP contribution in [0, 0.1) is 17.0 Å². The van der Waals surface area contributed by atoms with Crippen LogP contribution in [0.1, 0.15) is 94.6 Å². The second kappa shape index (κ2) is 16.0. The number of piperidine rings is 2. The van der Waals surface area contributed by atoms with Gasteiger partial charge in [-0.1, -0.05) is 62.6 Å². The molecule has 2 saturated heterocycles. The molecule has 3 heterocycles. The number of aromatic nitrogens is 2. The molecule has 11 nitrogen and oxygen atoms in total. The summed E-state index contributed by atoms with van der Waals surface area (Å²) in [5.74, 6) is 0.591. The minimum Gasteiger partial charge on any atom is -0.496 e. The van der Waals surface area contributed by atoms with E-state index in [1.807, 2.05) is 25.1 Å². The zero-order valence-electron chi connectivity index (χ0n) is 26.7. The summed E-state index contributed by atoms with van der Waals surface area (Å²) in [5, 5.41) is 22.0. The van der Waals surface area contributed by atoms with E-state index in [0.717, 1.165) is 55.6 Å². The fraction of sp³-hybridized carbons (Fsp3) is 0.618. The summed E-state index contributed by atoms with van der Waals surface area (Å²) >= 11 is 0. The molecule has 2 aliphatic rings. The number of fused-ring (bicyclic) bond motifs is 3. The second-order valence-corrected chi connectivity index (χ2v) is 12.7. The highest BCUT2D eigenvalue weighted by Gasteiger charge is 2.39. The van der Waals surface area contributed by atoms with E-state index in [-0.39, 0.29) is 29.7 Å². The van der Waals surface area contributed by atoms with Gasteiger partial charge in [-0.25, -0.2) is 4.63 Å². The molecule has 3 aromatic rings. The van der Waals surface area contributed by atoms with Gasteiger partial charge in [0.2, 0.25) is 5.52 Å². The number of carbonyl (C=O) groups is 1. The van der Waals surface area contributed by atoms with Crippen molar-refractivity contribution in [2.24, 2.45) is 0 Å². The molecule has 0 aliphatic carbocycles. The van der Waals surface area contributed by atoms with Gasteiger partial charge < -0.3 is 14.8 Å². The van der Waals surface area contributed by atoms with Crippen LogP contribution in [0.15, 0.2) is 35.0 Å². The monoisotopic (exact) mass is 621 g/mol. The quantitative estimate of drug-likeness (QED) is 0.0717. The van der Waals surface area contributed by atoms with Crippen LogP contribution in [0.4, 0.5) is 11.4 Å². The lowest BCUT2D eigenvalue weighted by Gasteiger charge is -2.48. The van der Waals surface area contributed by atoms with Crippen molar-refractivity contribution in [1.29, 1.82) is 0 Å². The van der Waals surface area contributed by atoms with Gasteiger partial charge in [0.1, 0.15) is 11.9 Å². The normalized spacial score (nSPS) is 19.8. The number of non-ortho nitro benzene ring substituents is 1. The molecule has 2 unspecified atom stereocenters. The number of nitrogens with one attached hydrogen (secondary N) is 1. The highest BCUT2D eigenvalue weighted by Crippen LogP contribution is 2.36. The number of hydrogen-bond donors (Lipinski definition) is 1. The Balaban J connectivity index is 0.926. The van der Waals surface area contributed by atoms with Crippen LogP contribution in [-0.4, -0.2) is 64.5 Å². The summed E-state index contributed by atoms with van der Waals surface area (Å²) in [6.07, 6.45) is 15.5. The lowest BCUT2D eigenvalue weighted by atomic mass is 9.82. The molecule has 5 rings (SSSR count). The van der Waals surface area contributed by atoms with Crippen molar-refractivity contribution in [3.05, 3.63) is 51.6 Å². The highest BCUT2D eigenvalue weighted by molar-refractivity contribution is 5.93. The predicted molar refractivity (Wildman–Crippen MR) is 173 cm³/mol. The van der Waals surface area contributed by atoms with E-state index in [1.54, 1.807) is 13.2 Å². The van der Waals surface area contributed by atoms with Crippen LogP contribution in [0.5, 0.6) is 5.75 Å². The highest BCUT2D eigenvalue weighted by atomic mass is 16.6. The first kappa shape index (κ1) is 32.7. The van der Waals surface area contributed by atoms with Crippen LogP contribution in [0.3, 0.4) is 0 Å². The topological polar surface area (TPSA) is 133 Å². The number of methoxy groups -OCH3 is 1. The first-order valence-electron chi connectivity index (χ1n) is 16.6. The van der Waals surface area contributed by atoms with E-state index in [2.05, 4.69) is 20.5 Å². The number of carbonyl (C=O) groups excluding carboxylic acids is 1. The Labute approximate surface area is 265 Å². The van der Waals surface area contributed by atoms with Crippen molar-refractivity contribution in [1.82, 2.24) is 15.2 Å². The number of hydrogen-bond acceptors (Lipinski definition) is 10. The van der Waals surface area contributed by atoms with Gasteiger partial charge in [0.05, 0.1) is 24.1 Å². The molecule has 2 aromatic carbocycles. The Hall–Kier alpha value is -3.73. The molecule has 2 atom stereocenters. The second-order valence-electron chi connectivity index (χ2n) is 12.7. The lowest BCUT2D eigenvalue weighted by Crippen LogP contribution is -2.54. The zero-order valence-corrected chi connectivity index (χ0v) is 26.7. The summed E-state index contributed by atoms with van der Waals surface area (Å²) in [6, 6.07) is 10.1. The van der Waals surface area contributed by atoms with Gasteiger partial charge >= 0.3 is 11.7 Å². The first-order valence-corrected chi connectivity index (χ1v) is 16.6. The number of unbranched alkanes of at least 4 members (excludes halogenated alkanes) is 7. The number of aryl methyl sites for hydroxylation is 1. The number of nitro benzene ring substituents is 1. The lowest BCUT2D eigenvalue weighted by molar-refractivity contribution is -0.383. The maximum Gasteiger partial charge on any atom is 0.310 e. The van der Waals surface area contributed by atoms with E-state index in [9.17, 15) is 14.9 Å². The van der Waals surface area contributed by atoms with Gasteiger partial charge in [-0.05, 0) is 61.6 Å². The summed E-state index contributed by atoms with van der Waals surface area (Å²) in [5.41, 5.74) is 3.19. The fourth-order valence-electron chi connectivity index (χ4n) is 7.17. The molecule has 0 amide bonds. The Kier molecular flexibility index (Phi) is 11.6. The van der Waals surface area contributed by atoms with Crippen LogP contribution in [0.25, 0.3) is 11.0 Å². The number of benzene rings is 2. The number of anilines is 1. The largest absolute Gasteiger partial charge is 0.496 e. The Morgan fingerprint density at radius 2 is 1.69 bits per heavy atom. The van der Waals surface area contributed by atoms with Gasteiger partial charge in [-0.15, -0.1) is 0 Å². The number of esters is 1.